The van der Waals surface area contributed by atoms with E-state index in [1.54, 1.807) is 0 Å². The van der Waals surface area contributed by atoms with Gasteiger partial charge in [-0.25, -0.2) is 0 Å². The average Bonchev–Trinajstić information content (AvgIpc) is 2.61. The number of hydrogen-bond acceptors (Lipinski definition) is 3. The molecule has 0 saturated heterocycles. The van der Waals surface area contributed by atoms with Crippen molar-refractivity contribution in [3.8, 4) is 18.2 Å². The molecule has 2 aliphatic carbocycles. The van der Waals surface area contributed by atoms with Gasteiger partial charge in [0, 0.05) is 5.92 Å². The van der Waals surface area contributed by atoms with Crippen LogP contribution < -0.4 is 5.41 Å². The van der Waals surface area contributed by atoms with Crippen molar-refractivity contribution >= 4 is 5.71 Å². The van der Waals surface area contributed by atoms with Crippen LogP contribution in [-0.2, 0) is 0 Å². The van der Waals surface area contributed by atoms with Gasteiger partial charge in [0.2, 0.25) is 11.1 Å². The standard InChI is InChI=1S/C19H16N4/c20-10-16-14-8-4-5-9-15(14)17(13-6-2-1-3-7-13)19(11-21,12-22)18(16)23/h1-3,6-7,16-17,23H,4-5,8-9H2/p+1/t16-,17-/m1/s1. The van der Waals surface area contributed by atoms with Crippen LogP contribution in [0.1, 0.15) is 37.2 Å². The first-order valence-electron chi connectivity index (χ1n) is 7.81. The fourth-order valence-corrected chi connectivity index (χ4v) is 3.98. The van der Waals surface area contributed by atoms with E-state index in [0.29, 0.717) is 0 Å². The van der Waals surface area contributed by atoms with Crippen LogP contribution in [0.3, 0.4) is 0 Å². The Morgan fingerprint density at radius 1 is 0.957 bits per heavy atom. The van der Waals surface area contributed by atoms with E-state index in [0.717, 1.165) is 42.4 Å². The second-order valence-electron chi connectivity index (χ2n) is 6.15. The average molecular weight is 301 g/mol. The van der Waals surface area contributed by atoms with Gasteiger partial charge in [-0.3, -0.25) is 5.41 Å². The van der Waals surface area contributed by atoms with E-state index in [2.05, 4.69) is 18.2 Å². The van der Waals surface area contributed by atoms with E-state index in [-0.39, 0.29) is 11.6 Å². The molecule has 0 spiro atoms. The molecule has 2 atom stereocenters. The number of allylic oxidation sites excluding steroid dienone is 2. The first-order chi connectivity index (χ1) is 11.2. The van der Waals surface area contributed by atoms with Crippen molar-refractivity contribution in [2.75, 3.05) is 0 Å². The van der Waals surface area contributed by atoms with Crippen LogP contribution in [0, 0.1) is 45.3 Å². The number of benzene rings is 1. The number of nitriles is 3. The summed E-state index contributed by atoms with van der Waals surface area (Å²) in [7, 11) is 0. The highest BCUT2D eigenvalue weighted by Crippen LogP contribution is 2.52. The number of hydrogen-bond donors (Lipinski definition) is 1. The molecule has 1 aromatic carbocycles. The minimum atomic E-state index is -1.47. The Bertz CT molecular complexity index is 785. The molecule has 0 unspecified atom stereocenters. The highest BCUT2D eigenvalue weighted by Gasteiger charge is 2.57. The lowest BCUT2D eigenvalue weighted by atomic mass is 9.56. The van der Waals surface area contributed by atoms with Crippen LogP contribution in [-0.4, -0.2) is 5.71 Å². The van der Waals surface area contributed by atoms with Gasteiger partial charge < -0.3 is 0 Å². The molecule has 1 aromatic rings. The fourth-order valence-electron chi connectivity index (χ4n) is 3.98. The molecule has 0 saturated carbocycles. The minimum absolute atomic E-state index is 0.194. The van der Waals surface area contributed by atoms with Crippen molar-refractivity contribution in [1.82, 2.24) is 0 Å². The Balaban J connectivity index is 2.32. The molecule has 4 heteroatoms. The van der Waals surface area contributed by atoms with Crippen LogP contribution in [0.5, 0.6) is 0 Å². The molecule has 4 nitrogen and oxygen atoms in total. The number of nitrogens with zero attached hydrogens (tertiary/aromatic N) is 3. The van der Waals surface area contributed by atoms with Crippen LogP contribution in [0.2, 0.25) is 0 Å². The van der Waals surface area contributed by atoms with Crippen LogP contribution in [0.25, 0.3) is 0 Å². The van der Waals surface area contributed by atoms with Crippen molar-refractivity contribution < 1.29 is 5.41 Å². The molecule has 2 aliphatic rings. The maximum Gasteiger partial charge on any atom is 0.234 e. The summed E-state index contributed by atoms with van der Waals surface area (Å²) in [5, 5.41) is 35.5. The smallest absolute Gasteiger partial charge is 0.234 e. The Morgan fingerprint density at radius 3 is 2.13 bits per heavy atom. The van der Waals surface area contributed by atoms with Gasteiger partial charge in [-0.2, -0.15) is 15.8 Å². The molecule has 3 rings (SSSR count). The minimum Gasteiger partial charge on any atom is -0.258 e. The molecule has 2 N–H and O–H groups in total. The monoisotopic (exact) mass is 301 g/mol. The lowest BCUT2D eigenvalue weighted by molar-refractivity contribution is -0.126. The van der Waals surface area contributed by atoms with Gasteiger partial charge in [-0.05, 0) is 36.8 Å². The summed E-state index contributed by atoms with van der Waals surface area (Å²) in [6.07, 6.45) is 3.70. The number of nitrogens with two attached hydrogens (primary N) is 1. The van der Waals surface area contributed by atoms with Crippen LogP contribution >= 0.6 is 0 Å². The van der Waals surface area contributed by atoms with Gasteiger partial charge in [0.15, 0.2) is 0 Å². The molecule has 0 fully saturated rings. The van der Waals surface area contributed by atoms with Gasteiger partial charge in [0.25, 0.3) is 0 Å². The Morgan fingerprint density at radius 2 is 1.57 bits per heavy atom. The van der Waals surface area contributed by atoms with Gasteiger partial charge >= 0.3 is 0 Å². The van der Waals surface area contributed by atoms with Gasteiger partial charge in [0.05, 0.1) is 18.2 Å². The van der Waals surface area contributed by atoms with Gasteiger partial charge in [-0.1, -0.05) is 35.9 Å². The van der Waals surface area contributed by atoms with E-state index < -0.39 is 11.3 Å². The highest BCUT2D eigenvalue weighted by molar-refractivity contribution is 5.99. The molecule has 0 bridgehead atoms. The SMILES string of the molecule is N#C[C@H]1C(=[NH2+])C(C#N)(C#N)[C@H](c2ccccc2)C2=C1CCCC2. The van der Waals surface area contributed by atoms with Crippen molar-refractivity contribution in [3.05, 3.63) is 47.0 Å². The molecule has 112 valence electrons. The molecule has 0 aromatic heterocycles. The first-order valence-corrected chi connectivity index (χ1v) is 7.81. The van der Waals surface area contributed by atoms with E-state index in [1.807, 2.05) is 30.3 Å². The Kier molecular flexibility index (Phi) is 3.73. The maximum atomic E-state index is 9.84. The second kappa shape index (κ2) is 5.71. The Labute approximate surface area is 135 Å². The summed E-state index contributed by atoms with van der Waals surface area (Å²) in [6, 6.07) is 16.1. The predicted molar refractivity (Wildman–Crippen MR) is 84.4 cm³/mol. The lowest BCUT2D eigenvalue weighted by Gasteiger charge is -2.39. The summed E-state index contributed by atoms with van der Waals surface area (Å²) in [5.41, 5.74) is 1.75. The third kappa shape index (κ3) is 2.06. The van der Waals surface area contributed by atoms with Crippen LogP contribution in [0.15, 0.2) is 41.5 Å². The maximum absolute atomic E-state index is 9.84. The second-order valence-corrected chi connectivity index (χ2v) is 6.15. The molecule has 0 aliphatic heterocycles. The predicted octanol–water partition coefficient (Wildman–Crippen LogP) is 2.03. The Hall–Kier alpha value is -2.90. The zero-order chi connectivity index (χ0) is 16.4. The summed E-state index contributed by atoms with van der Waals surface area (Å²) >= 11 is 0. The lowest BCUT2D eigenvalue weighted by Crippen LogP contribution is -2.58. The molecule has 0 amide bonds. The summed E-state index contributed by atoms with van der Waals surface area (Å²) in [4.78, 5) is 0. The van der Waals surface area contributed by atoms with Crippen molar-refractivity contribution in [2.24, 2.45) is 11.3 Å². The van der Waals surface area contributed by atoms with E-state index >= 15 is 0 Å². The zero-order valence-corrected chi connectivity index (χ0v) is 12.8. The largest absolute Gasteiger partial charge is 0.258 e. The van der Waals surface area contributed by atoms with Gasteiger partial charge in [0.1, 0.15) is 5.92 Å². The van der Waals surface area contributed by atoms with E-state index in [4.69, 9.17) is 5.41 Å². The topological polar surface area (TPSA) is 97.0 Å². The third-order valence-corrected chi connectivity index (χ3v) is 5.07. The summed E-state index contributed by atoms with van der Waals surface area (Å²) in [5.74, 6) is -0.997. The summed E-state index contributed by atoms with van der Waals surface area (Å²) < 4.78 is 0. The van der Waals surface area contributed by atoms with E-state index in [9.17, 15) is 15.8 Å². The van der Waals surface area contributed by atoms with Crippen LogP contribution in [0.4, 0.5) is 0 Å². The molecule has 0 heterocycles. The summed E-state index contributed by atoms with van der Waals surface area (Å²) in [6.45, 7) is 0. The first kappa shape index (κ1) is 15.0. The molecular weight excluding hydrogens is 284 g/mol. The molecule has 23 heavy (non-hydrogen) atoms. The fraction of sp³-hybridized carbons (Fsp3) is 0.368. The highest BCUT2D eigenvalue weighted by atomic mass is 14.6. The van der Waals surface area contributed by atoms with Crippen molar-refractivity contribution in [1.29, 1.82) is 15.8 Å². The zero-order valence-electron chi connectivity index (χ0n) is 12.8. The molecular formula is C19H17N4+. The quantitative estimate of drug-likeness (QED) is 0.803. The van der Waals surface area contributed by atoms with Gasteiger partial charge in [-0.15, -0.1) is 0 Å². The third-order valence-electron chi connectivity index (χ3n) is 5.07. The van der Waals surface area contributed by atoms with Crippen molar-refractivity contribution in [2.45, 2.75) is 31.6 Å². The van der Waals surface area contributed by atoms with Crippen molar-refractivity contribution in [3.63, 3.8) is 0 Å². The molecule has 0 radical (unpaired) electrons. The normalized spacial score (nSPS) is 25.7. The number of rotatable bonds is 1. The van der Waals surface area contributed by atoms with E-state index in [1.165, 1.54) is 0 Å².